The van der Waals surface area contributed by atoms with E-state index in [-0.39, 0.29) is 6.54 Å². The van der Waals surface area contributed by atoms with Gasteiger partial charge in [-0.1, -0.05) is 12.1 Å². The molecule has 0 bridgehead atoms. The molecule has 0 saturated heterocycles. The van der Waals surface area contributed by atoms with Crippen molar-refractivity contribution < 1.29 is 13.2 Å². The molecule has 0 aliphatic carbocycles. The van der Waals surface area contributed by atoms with Crippen LogP contribution in [0.3, 0.4) is 0 Å². The number of rotatable bonds is 2. The maximum absolute atomic E-state index is 12.1. The molecule has 0 saturated carbocycles. The minimum absolute atomic E-state index is 0.0393. The van der Waals surface area contributed by atoms with E-state index in [1.54, 1.807) is 11.0 Å². The minimum Gasteiger partial charge on any atom is -0.398 e. The molecular weight excluding hydrogens is 217 g/mol. The standard InChI is InChI=1S/C11H13F3N2/c12-11(13,14)4-5-16-6-8-2-1-3-10(15)9(8)7-16/h1-3H,4-7,15H2. The molecule has 16 heavy (non-hydrogen) atoms. The number of hydrogen-bond donors (Lipinski definition) is 1. The highest BCUT2D eigenvalue weighted by molar-refractivity contribution is 5.52. The molecule has 1 aromatic carbocycles. The summed E-state index contributed by atoms with van der Waals surface area (Å²) in [5.74, 6) is 0. The van der Waals surface area contributed by atoms with Crippen LogP contribution in [0.15, 0.2) is 18.2 Å². The number of halogens is 3. The monoisotopic (exact) mass is 230 g/mol. The van der Waals surface area contributed by atoms with Crippen LogP contribution in [0.4, 0.5) is 18.9 Å². The van der Waals surface area contributed by atoms with Crippen molar-refractivity contribution in [3.05, 3.63) is 29.3 Å². The summed E-state index contributed by atoms with van der Waals surface area (Å²) in [7, 11) is 0. The first-order valence-corrected chi connectivity index (χ1v) is 5.11. The van der Waals surface area contributed by atoms with E-state index >= 15 is 0 Å². The average Bonchev–Trinajstić information content (AvgIpc) is 2.58. The zero-order chi connectivity index (χ0) is 11.8. The molecule has 0 unspecified atom stereocenters. The Labute approximate surface area is 91.8 Å². The molecule has 2 N–H and O–H groups in total. The predicted octanol–water partition coefficient (Wildman–Crippen LogP) is 2.54. The quantitative estimate of drug-likeness (QED) is 0.791. The van der Waals surface area contributed by atoms with E-state index in [0.29, 0.717) is 18.8 Å². The summed E-state index contributed by atoms with van der Waals surface area (Å²) < 4.78 is 36.2. The van der Waals surface area contributed by atoms with Gasteiger partial charge in [-0.15, -0.1) is 0 Å². The zero-order valence-electron chi connectivity index (χ0n) is 8.72. The van der Waals surface area contributed by atoms with Crippen molar-refractivity contribution in [3.8, 4) is 0 Å². The molecule has 0 fully saturated rings. The van der Waals surface area contributed by atoms with E-state index in [1.807, 2.05) is 12.1 Å². The van der Waals surface area contributed by atoms with Crippen LogP contribution in [-0.2, 0) is 13.1 Å². The molecular formula is C11H13F3N2. The largest absolute Gasteiger partial charge is 0.398 e. The summed E-state index contributed by atoms with van der Waals surface area (Å²) in [6.45, 7) is 1.13. The number of alkyl halides is 3. The van der Waals surface area contributed by atoms with Gasteiger partial charge in [0.25, 0.3) is 0 Å². The van der Waals surface area contributed by atoms with E-state index in [9.17, 15) is 13.2 Å². The van der Waals surface area contributed by atoms with Gasteiger partial charge in [-0.05, 0) is 17.2 Å². The van der Waals surface area contributed by atoms with Crippen LogP contribution in [-0.4, -0.2) is 17.6 Å². The summed E-state index contributed by atoms with van der Waals surface area (Å²) in [4.78, 5) is 1.77. The van der Waals surface area contributed by atoms with Crippen LogP contribution in [0.25, 0.3) is 0 Å². The number of nitrogens with two attached hydrogens (primary N) is 1. The van der Waals surface area contributed by atoms with Gasteiger partial charge in [-0.3, -0.25) is 4.90 Å². The normalized spacial score (nSPS) is 16.4. The molecule has 0 atom stereocenters. The highest BCUT2D eigenvalue weighted by Gasteiger charge is 2.29. The first-order valence-electron chi connectivity index (χ1n) is 5.11. The highest BCUT2D eigenvalue weighted by Crippen LogP contribution is 2.29. The first-order chi connectivity index (χ1) is 7.46. The first kappa shape index (κ1) is 11.3. The second kappa shape index (κ2) is 3.97. The molecule has 1 aliphatic rings. The Morgan fingerprint density at radius 2 is 2.00 bits per heavy atom. The molecule has 0 aromatic heterocycles. The number of nitrogen functional groups attached to an aromatic ring is 1. The van der Waals surface area contributed by atoms with Gasteiger partial charge in [0.2, 0.25) is 0 Å². The zero-order valence-corrected chi connectivity index (χ0v) is 8.72. The summed E-state index contributed by atoms with van der Waals surface area (Å²) in [5.41, 5.74) is 8.46. The van der Waals surface area contributed by atoms with Crippen LogP contribution in [0.5, 0.6) is 0 Å². The van der Waals surface area contributed by atoms with Gasteiger partial charge in [0, 0.05) is 25.3 Å². The smallest absolute Gasteiger partial charge is 0.390 e. The number of nitrogens with zero attached hydrogens (tertiary/aromatic N) is 1. The van der Waals surface area contributed by atoms with Gasteiger partial charge in [0.15, 0.2) is 0 Å². The van der Waals surface area contributed by atoms with Crippen LogP contribution in [0.1, 0.15) is 17.5 Å². The molecule has 2 nitrogen and oxygen atoms in total. The molecule has 0 radical (unpaired) electrons. The Bertz CT molecular complexity index is 387. The highest BCUT2D eigenvalue weighted by atomic mass is 19.4. The maximum atomic E-state index is 12.1. The fourth-order valence-electron chi connectivity index (χ4n) is 1.96. The fraction of sp³-hybridized carbons (Fsp3) is 0.455. The van der Waals surface area contributed by atoms with Gasteiger partial charge in [-0.2, -0.15) is 13.2 Å². The lowest BCUT2D eigenvalue weighted by molar-refractivity contribution is -0.138. The van der Waals surface area contributed by atoms with Crippen molar-refractivity contribution in [2.45, 2.75) is 25.7 Å². The number of anilines is 1. The van der Waals surface area contributed by atoms with Crippen molar-refractivity contribution in [2.24, 2.45) is 0 Å². The van der Waals surface area contributed by atoms with Crippen molar-refractivity contribution >= 4 is 5.69 Å². The molecule has 0 amide bonds. The Hall–Kier alpha value is -1.23. The third kappa shape index (κ3) is 2.47. The lowest BCUT2D eigenvalue weighted by atomic mass is 10.1. The van der Waals surface area contributed by atoms with Crippen LogP contribution < -0.4 is 5.73 Å². The van der Waals surface area contributed by atoms with Gasteiger partial charge in [0.1, 0.15) is 0 Å². The van der Waals surface area contributed by atoms with Crippen molar-refractivity contribution in [3.63, 3.8) is 0 Å². The SMILES string of the molecule is Nc1cccc2c1CN(CCC(F)(F)F)C2. The molecule has 0 spiro atoms. The lowest BCUT2D eigenvalue weighted by Crippen LogP contribution is -2.23. The van der Waals surface area contributed by atoms with Crippen molar-refractivity contribution in [2.75, 3.05) is 12.3 Å². The Kier molecular flexibility index (Phi) is 2.80. The van der Waals surface area contributed by atoms with E-state index in [2.05, 4.69) is 0 Å². The second-order valence-corrected chi connectivity index (χ2v) is 4.06. The van der Waals surface area contributed by atoms with Crippen molar-refractivity contribution in [1.29, 1.82) is 0 Å². The van der Waals surface area contributed by atoms with Gasteiger partial charge in [0.05, 0.1) is 6.42 Å². The summed E-state index contributed by atoms with van der Waals surface area (Å²) in [6.07, 6.45) is -4.85. The van der Waals surface area contributed by atoms with Crippen molar-refractivity contribution in [1.82, 2.24) is 4.90 Å². The lowest BCUT2D eigenvalue weighted by Gasteiger charge is -2.15. The predicted molar refractivity (Wildman–Crippen MR) is 55.6 cm³/mol. The van der Waals surface area contributed by atoms with E-state index in [4.69, 9.17) is 5.73 Å². The maximum Gasteiger partial charge on any atom is 0.390 e. The van der Waals surface area contributed by atoms with Gasteiger partial charge >= 0.3 is 6.18 Å². The molecule has 88 valence electrons. The molecule has 1 aromatic rings. The van der Waals surface area contributed by atoms with Crippen LogP contribution >= 0.6 is 0 Å². The molecule has 2 rings (SSSR count). The van der Waals surface area contributed by atoms with Crippen LogP contribution in [0, 0.1) is 0 Å². The Balaban J connectivity index is 1.98. The molecule has 1 aliphatic heterocycles. The number of hydrogen-bond acceptors (Lipinski definition) is 2. The Morgan fingerprint density at radius 3 is 2.62 bits per heavy atom. The number of benzene rings is 1. The molecule has 5 heteroatoms. The van der Waals surface area contributed by atoms with Crippen LogP contribution in [0.2, 0.25) is 0 Å². The summed E-state index contributed by atoms with van der Waals surface area (Å²) in [6, 6.07) is 5.53. The Morgan fingerprint density at radius 1 is 1.25 bits per heavy atom. The third-order valence-corrected chi connectivity index (χ3v) is 2.80. The van der Waals surface area contributed by atoms with E-state index < -0.39 is 12.6 Å². The van der Waals surface area contributed by atoms with Gasteiger partial charge < -0.3 is 5.73 Å². The average molecular weight is 230 g/mol. The minimum atomic E-state index is -4.08. The molecule has 1 heterocycles. The summed E-state index contributed by atoms with van der Waals surface area (Å²) in [5, 5.41) is 0. The second-order valence-electron chi connectivity index (χ2n) is 4.06. The van der Waals surface area contributed by atoms with Gasteiger partial charge in [-0.25, -0.2) is 0 Å². The fourth-order valence-corrected chi connectivity index (χ4v) is 1.96. The topological polar surface area (TPSA) is 29.3 Å². The third-order valence-electron chi connectivity index (χ3n) is 2.80. The summed E-state index contributed by atoms with van der Waals surface area (Å²) >= 11 is 0. The number of fused-ring (bicyclic) bond motifs is 1. The van der Waals surface area contributed by atoms with E-state index in [0.717, 1.165) is 11.1 Å². The van der Waals surface area contributed by atoms with E-state index in [1.165, 1.54) is 0 Å².